The van der Waals surface area contributed by atoms with Gasteiger partial charge in [0.2, 0.25) is 5.95 Å². The minimum atomic E-state index is -0.722. The lowest BCUT2D eigenvalue weighted by Crippen LogP contribution is -2.26. The number of nitrogen functional groups attached to an aromatic ring is 1. The Morgan fingerprint density at radius 1 is 1.19 bits per heavy atom. The number of nitrogens with one attached hydrogen (secondary N) is 1. The monoisotopic (exact) mass is 364 g/mol. The molecule has 0 atom stereocenters. The smallest absolute Gasteiger partial charge is 0.224 e. The molecule has 0 saturated heterocycles. The van der Waals surface area contributed by atoms with Crippen molar-refractivity contribution in [2.24, 2.45) is 0 Å². The Kier molecular flexibility index (Phi) is 3.31. The zero-order valence-electron chi connectivity index (χ0n) is 15.7. The minimum absolute atomic E-state index is 0.0471. The molecule has 1 fully saturated rings. The molecule has 1 aliphatic heterocycles. The van der Waals surface area contributed by atoms with Crippen molar-refractivity contribution in [1.82, 2.24) is 19.9 Å². The van der Waals surface area contributed by atoms with E-state index < -0.39 is 5.60 Å². The molecule has 0 spiro atoms. The fourth-order valence-corrected chi connectivity index (χ4v) is 4.65. The molecule has 1 aromatic carbocycles. The Morgan fingerprint density at radius 3 is 2.74 bits per heavy atom. The van der Waals surface area contributed by atoms with Gasteiger partial charge in [0.15, 0.2) is 17.0 Å². The molecule has 3 heterocycles. The Labute approximate surface area is 157 Å². The number of nitrogens with two attached hydrogens (primary N) is 1. The van der Waals surface area contributed by atoms with E-state index in [1.807, 2.05) is 0 Å². The largest absolute Gasteiger partial charge is 0.385 e. The second-order valence-electron chi connectivity index (χ2n) is 8.45. The van der Waals surface area contributed by atoms with Crippen molar-refractivity contribution >= 4 is 28.6 Å². The third-order valence-electron chi connectivity index (χ3n) is 6.07. The summed E-state index contributed by atoms with van der Waals surface area (Å²) in [5.41, 5.74) is 9.82. The fourth-order valence-electron chi connectivity index (χ4n) is 4.65. The summed E-state index contributed by atoms with van der Waals surface area (Å²) in [7, 11) is 0. The van der Waals surface area contributed by atoms with Gasteiger partial charge in [-0.05, 0) is 30.0 Å². The Bertz CT molecular complexity index is 1030. The Balaban J connectivity index is 1.69. The summed E-state index contributed by atoms with van der Waals surface area (Å²) in [5, 5.41) is 11.1. The van der Waals surface area contributed by atoms with Crippen LogP contribution in [0.3, 0.4) is 0 Å². The quantitative estimate of drug-likeness (QED) is 0.645. The molecule has 4 N–H and O–H groups in total. The molecule has 1 aliphatic carbocycles. The van der Waals surface area contributed by atoms with Crippen molar-refractivity contribution in [2.45, 2.75) is 50.5 Å². The molecule has 5 rings (SSSR count). The first kappa shape index (κ1) is 16.5. The van der Waals surface area contributed by atoms with Crippen LogP contribution in [0.1, 0.15) is 50.7 Å². The lowest BCUT2D eigenvalue weighted by atomic mass is 9.84. The number of fused-ring (bicyclic) bond motifs is 2. The summed E-state index contributed by atoms with van der Waals surface area (Å²) in [6.45, 7) is 5.22. The second-order valence-corrected chi connectivity index (χ2v) is 8.45. The van der Waals surface area contributed by atoms with Crippen LogP contribution in [0.4, 0.5) is 17.5 Å². The predicted molar refractivity (Wildman–Crippen MR) is 105 cm³/mol. The Hall–Kier alpha value is -2.67. The lowest BCUT2D eigenvalue weighted by Gasteiger charge is -2.25. The first-order valence-electron chi connectivity index (χ1n) is 9.49. The van der Waals surface area contributed by atoms with Crippen LogP contribution in [-0.4, -0.2) is 31.6 Å². The van der Waals surface area contributed by atoms with Gasteiger partial charge in [-0.3, -0.25) is 0 Å². The van der Waals surface area contributed by atoms with Crippen LogP contribution in [-0.2, 0) is 11.0 Å². The second kappa shape index (κ2) is 5.42. The van der Waals surface area contributed by atoms with E-state index in [-0.39, 0.29) is 11.4 Å². The molecule has 27 heavy (non-hydrogen) atoms. The van der Waals surface area contributed by atoms with E-state index in [1.165, 1.54) is 5.56 Å². The third kappa shape index (κ3) is 2.41. The fraction of sp³-hybridized carbons (Fsp3) is 0.450. The summed E-state index contributed by atoms with van der Waals surface area (Å²) in [4.78, 5) is 18.3. The number of imidazole rings is 1. The number of aromatic amines is 1. The lowest BCUT2D eigenvalue weighted by molar-refractivity contribution is 0.0445. The number of hydrogen-bond donors (Lipinski definition) is 3. The molecule has 0 bridgehead atoms. The van der Waals surface area contributed by atoms with Crippen LogP contribution in [0, 0.1) is 0 Å². The number of nitrogens with zero attached hydrogens (tertiary/aromatic N) is 4. The summed E-state index contributed by atoms with van der Waals surface area (Å²) < 4.78 is 0. The Morgan fingerprint density at radius 2 is 1.96 bits per heavy atom. The normalized spacial score (nSPS) is 20.3. The number of benzene rings is 1. The highest BCUT2D eigenvalue weighted by atomic mass is 16.3. The highest BCUT2D eigenvalue weighted by molar-refractivity contribution is 5.89. The van der Waals surface area contributed by atoms with Crippen molar-refractivity contribution in [2.75, 3.05) is 17.2 Å². The molecule has 1 saturated carbocycles. The maximum absolute atomic E-state index is 11.1. The number of aliphatic hydroxyl groups is 1. The van der Waals surface area contributed by atoms with Gasteiger partial charge in [-0.2, -0.15) is 9.97 Å². The third-order valence-corrected chi connectivity index (χ3v) is 6.07. The van der Waals surface area contributed by atoms with Crippen LogP contribution < -0.4 is 10.6 Å². The van der Waals surface area contributed by atoms with Crippen molar-refractivity contribution in [1.29, 1.82) is 0 Å². The van der Waals surface area contributed by atoms with Crippen molar-refractivity contribution in [3.63, 3.8) is 0 Å². The van der Waals surface area contributed by atoms with Crippen LogP contribution in [0.2, 0.25) is 0 Å². The standard InChI is InChI=1S/C20H24N6O/c1-19(2)10-26(17-15-16(23-11-22-15)24-18(21)25-17)14-9-12(5-6-13(14)19)20(27)7-3-4-8-20/h5-6,9,11,27H,3-4,7-8,10H2,1-2H3,(H3,21,22,23,24,25). The van der Waals surface area contributed by atoms with E-state index in [0.717, 1.165) is 43.5 Å². The van der Waals surface area contributed by atoms with Crippen molar-refractivity contribution in [3.05, 3.63) is 35.7 Å². The first-order valence-corrected chi connectivity index (χ1v) is 9.49. The number of anilines is 3. The van der Waals surface area contributed by atoms with Gasteiger partial charge in [0.05, 0.1) is 11.9 Å². The molecule has 0 amide bonds. The summed E-state index contributed by atoms with van der Waals surface area (Å²) in [6.07, 6.45) is 5.39. The van der Waals surface area contributed by atoms with Gasteiger partial charge in [0.1, 0.15) is 0 Å². The van der Waals surface area contributed by atoms with Gasteiger partial charge >= 0.3 is 0 Å². The maximum atomic E-state index is 11.1. The van der Waals surface area contributed by atoms with Gasteiger partial charge in [-0.1, -0.05) is 38.8 Å². The van der Waals surface area contributed by atoms with Crippen LogP contribution >= 0.6 is 0 Å². The zero-order valence-corrected chi connectivity index (χ0v) is 15.7. The van der Waals surface area contributed by atoms with E-state index in [9.17, 15) is 5.11 Å². The van der Waals surface area contributed by atoms with Gasteiger partial charge < -0.3 is 20.7 Å². The average molecular weight is 364 g/mol. The van der Waals surface area contributed by atoms with E-state index in [0.29, 0.717) is 17.0 Å². The number of hydrogen-bond acceptors (Lipinski definition) is 6. The molecular weight excluding hydrogens is 340 g/mol. The average Bonchev–Trinajstić information content (AvgIpc) is 3.33. The highest BCUT2D eigenvalue weighted by Gasteiger charge is 2.40. The molecule has 2 aromatic heterocycles. The van der Waals surface area contributed by atoms with Crippen LogP contribution in [0.15, 0.2) is 24.5 Å². The molecule has 0 unspecified atom stereocenters. The topological polar surface area (TPSA) is 104 Å². The van der Waals surface area contributed by atoms with Gasteiger partial charge in [-0.15, -0.1) is 0 Å². The molecule has 7 heteroatoms. The molecule has 7 nitrogen and oxygen atoms in total. The first-order chi connectivity index (χ1) is 12.9. The van der Waals surface area contributed by atoms with E-state index in [1.54, 1.807) is 6.33 Å². The maximum Gasteiger partial charge on any atom is 0.224 e. The molecule has 0 radical (unpaired) electrons. The number of aromatic nitrogens is 4. The molecular formula is C20H24N6O. The molecule has 140 valence electrons. The summed E-state index contributed by atoms with van der Waals surface area (Å²) in [5.74, 6) is 0.930. The molecule has 3 aromatic rings. The number of rotatable bonds is 2. The van der Waals surface area contributed by atoms with Crippen molar-refractivity contribution in [3.8, 4) is 0 Å². The minimum Gasteiger partial charge on any atom is -0.385 e. The van der Waals surface area contributed by atoms with E-state index in [2.05, 4.69) is 56.9 Å². The van der Waals surface area contributed by atoms with Gasteiger partial charge in [0, 0.05) is 17.6 Å². The SMILES string of the molecule is CC1(C)CN(c2nc(N)nc3[nH]cnc23)c2cc(C3(O)CCCC3)ccc21. The van der Waals surface area contributed by atoms with E-state index in [4.69, 9.17) is 5.73 Å². The van der Waals surface area contributed by atoms with Crippen molar-refractivity contribution < 1.29 is 5.11 Å². The molecule has 2 aliphatic rings. The zero-order chi connectivity index (χ0) is 18.8. The van der Waals surface area contributed by atoms with Gasteiger partial charge in [0.25, 0.3) is 0 Å². The van der Waals surface area contributed by atoms with E-state index >= 15 is 0 Å². The summed E-state index contributed by atoms with van der Waals surface area (Å²) in [6, 6.07) is 6.38. The number of H-pyrrole nitrogens is 1. The van der Waals surface area contributed by atoms with Crippen LogP contribution in [0.5, 0.6) is 0 Å². The summed E-state index contributed by atoms with van der Waals surface area (Å²) >= 11 is 0. The highest BCUT2D eigenvalue weighted by Crippen LogP contribution is 2.48. The van der Waals surface area contributed by atoms with Gasteiger partial charge in [-0.25, -0.2) is 4.98 Å². The predicted octanol–water partition coefficient (Wildman–Crippen LogP) is 3.13. The van der Waals surface area contributed by atoms with Crippen LogP contribution in [0.25, 0.3) is 11.2 Å².